The third kappa shape index (κ3) is 2.48. The number of ketones is 1. The molecule has 0 saturated carbocycles. The molecule has 0 radical (unpaired) electrons. The smallest absolute Gasteiger partial charge is 0.237 e. The standard InChI is InChI=1S/C8H11NO3S/c1-11-8(9-12-2)6-5-13-4-3-7(6)10/h3-4,6H,5H2,1-2H3. The van der Waals surface area contributed by atoms with Gasteiger partial charge in [-0.25, -0.2) is 0 Å². The highest BCUT2D eigenvalue weighted by atomic mass is 32.2. The second-order valence-electron chi connectivity index (χ2n) is 2.41. The van der Waals surface area contributed by atoms with E-state index in [1.807, 2.05) is 0 Å². The number of carbonyl (C=O) groups is 1. The second-order valence-corrected chi connectivity index (χ2v) is 3.35. The van der Waals surface area contributed by atoms with Gasteiger partial charge in [0.2, 0.25) is 5.90 Å². The Kier molecular flexibility index (Phi) is 3.82. The Morgan fingerprint density at radius 2 is 2.46 bits per heavy atom. The van der Waals surface area contributed by atoms with Crippen molar-refractivity contribution in [2.75, 3.05) is 20.0 Å². The zero-order valence-corrected chi connectivity index (χ0v) is 8.34. The zero-order chi connectivity index (χ0) is 9.68. The molecule has 1 atom stereocenters. The van der Waals surface area contributed by atoms with Gasteiger partial charge in [0.15, 0.2) is 5.78 Å². The van der Waals surface area contributed by atoms with E-state index >= 15 is 0 Å². The predicted molar refractivity (Wildman–Crippen MR) is 51.5 cm³/mol. The normalized spacial score (nSPS) is 23.1. The van der Waals surface area contributed by atoms with Crippen molar-refractivity contribution in [3.8, 4) is 0 Å². The molecule has 0 fully saturated rings. The van der Waals surface area contributed by atoms with Gasteiger partial charge in [-0.05, 0) is 11.5 Å². The molecule has 1 aliphatic heterocycles. The molecule has 0 aromatic rings. The van der Waals surface area contributed by atoms with E-state index in [9.17, 15) is 4.79 Å². The van der Waals surface area contributed by atoms with Gasteiger partial charge in [-0.3, -0.25) is 4.79 Å². The molecule has 0 spiro atoms. The maximum Gasteiger partial charge on any atom is 0.237 e. The molecule has 0 aliphatic carbocycles. The van der Waals surface area contributed by atoms with Gasteiger partial charge in [-0.15, -0.1) is 11.8 Å². The van der Waals surface area contributed by atoms with E-state index in [-0.39, 0.29) is 11.7 Å². The summed E-state index contributed by atoms with van der Waals surface area (Å²) in [5.74, 6) is 0.700. The van der Waals surface area contributed by atoms with Crippen LogP contribution < -0.4 is 0 Å². The second kappa shape index (κ2) is 4.91. The van der Waals surface area contributed by atoms with Crippen LogP contribution in [0.15, 0.2) is 16.6 Å². The van der Waals surface area contributed by atoms with Crippen LogP contribution in [0.4, 0.5) is 0 Å². The minimum atomic E-state index is -0.306. The van der Waals surface area contributed by atoms with E-state index in [0.717, 1.165) is 0 Å². The van der Waals surface area contributed by atoms with Gasteiger partial charge < -0.3 is 9.57 Å². The highest BCUT2D eigenvalue weighted by Crippen LogP contribution is 2.19. The van der Waals surface area contributed by atoms with Crippen LogP contribution in [0.5, 0.6) is 0 Å². The first-order chi connectivity index (χ1) is 6.29. The summed E-state index contributed by atoms with van der Waals surface area (Å²) in [5, 5.41) is 5.42. The number of allylic oxidation sites excluding steroid dienone is 1. The Morgan fingerprint density at radius 1 is 1.69 bits per heavy atom. The number of hydrogen-bond donors (Lipinski definition) is 0. The fourth-order valence-corrected chi connectivity index (χ4v) is 1.83. The fraction of sp³-hybridized carbons (Fsp3) is 0.500. The lowest BCUT2D eigenvalue weighted by atomic mass is 10.1. The van der Waals surface area contributed by atoms with Gasteiger partial charge in [0.05, 0.1) is 7.11 Å². The highest BCUT2D eigenvalue weighted by molar-refractivity contribution is 8.02. The van der Waals surface area contributed by atoms with E-state index in [2.05, 4.69) is 9.99 Å². The third-order valence-corrected chi connectivity index (χ3v) is 2.48. The highest BCUT2D eigenvalue weighted by Gasteiger charge is 2.26. The summed E-state index contributed by atoms with van der Waals surface area (Å²) < 4.78 is 4.96. The van der Waals surface area contributed by atoms with Gasteiger partial charge in [0.25, 0.3) is 0 Å². The lowest BCUT2D eigenvalue weighted by molar-refractivity contribution is -0.116. The lowest BCUT2D eigenvalue weighted by Crippen LogP contribution is -2.28. The number of oxime groups is 1. The number of nitrogens with zero attached hydrogens (tertiary/aromatic N) is 1. The van der Waals surface area contributed by atoms with Crippen molar-refractivity contribution in [1.29, 1.82) is 0 Å². The molecule has 5 heteroatoms. The molecule has 72 valence electrons. The number of carbonyl (C=O) groups excluding carboxylic acids is 1. The van der Waals surface area contributed by atoms with Crippen LogP contribution in [-0.2, 0) is 14.4 Å². The van der Waals surface area contributed by atoms with Crippen molar-refractivity contribution in [3.05, 3.63) is 11.5 Å². The lowest BCUT2D eigenvalue weighted by Gasteiger charge is -2.15. The van der Waals surface area contributed by atoms with Gasteiger partial charge in [0.1, 0.15) is 13.0 Å². The van der Waals surface area contributed by atoms with Gasteiger partial charge in [0, 0.05) is 5.75 Å². The molecule has 13 heavy (non-hydrogen) atoms. The maximum atomic E-state index is 11.4. The first-order valence-corrected chi connectivity index (χ1v) is 4.81. The molecule has 0 saturated heterocycles. The Balaban J connectivity index is 2.74. The van der Waals surface area contributed by atoms with Gasteiger partial charge in [-0.1, -0.05) is 5.16 Å². The molecule has 0 aromatic heterocycles. The molecule has 1 rings (SSSR count). The summed E-state index contributed by atoms with van der Waals surface area (Å²) in [6.45, 7) is 0. The van der Waals surface area contributed by atoms with Crippen molar-refractivity contribution >= 4 is 23.4 Å². The van der Waals surface area contributed by atoms with Crippen molar-refractivity contribution in [3.63, 3.8) is 0 Å². The number of hydrogen-bond acceptors (Lipinski definition) is 5. The van der Waals surface area contributed by atoms with Crippen LogP contribution in [0.2, 0.25) is 0 Å². The minimum absolute atomic E-state index is 0.0106. The maximum absolute atomic E-state index is 11.4. The number of thioether (sulfide) groups is 1. The SMILES string of the molecule is CON=C(OC)C1CSC=CC1=O. The molecule has 0 N–H and O–H groups in total. The Morgan fingerprint density at radius 3 is 3.00 bits per heavy atom. The van der Waals surface area contributed by atoms with Gasteiger partial charge >= 0.3 is 0 Å². The summed E-state index contributed by atoms with van der Waals surface area (Å²) in [7, 11) is 2.91. The molecule has 4 nitrogen and oxygen atoms in total. The van der Waals surface area contributed by atoms with E-state index in [0.29, 0.717) is 11.7 Å². The molecular weight excluding hydrogens is 190 g/mol. The molecule has 0 amide bonds. The Labute approximate surface area is 81.0 Å². The van der Waals surface area contributed by atoms with Crippen LogP contribution in [0, 0.1) is 5.92 Å². The largest absolute Gasteiger partial charge is 0.481 e. The van der Waals surface area contributed by atoms with Gasteiger partial charge in [-0.2, -0.15) is 0 Å². The van der Waals surface area contributed by atoms with Crippen LogP contribution in [0.1, 0.15) is 0 Å². The summed E-state index contributed by atoms with van der Waals surface area (Å²) in [6, 6.07) is 0. The van der Waals surface area contributed by atoms with Crippen LogP contribution in [0.3, 0.4) is 0 Å². The molecule has 0 bridgehead atoms. The quantitative estimate of drug-likeness (QED) is 0.380. The van der Waals surface area contributed by atoms with Crippen molar-refractivity contribution in [2.45, 2.75) is 0 Å². The molecule has 0 aromatic carbocycles. The average Bonchev–Trinajstić information content (AvgIpc) is 2.16. The summed E-state index contributed by atoms with van der Waals surface area (Å²) in [6.07, 6.45) is 1.53. The Bertz CT molecular complexity index is 250. The van der Waals surface area contributed by atoms with Crippen LogP contribution in [-0.4, -0.2) is 31.7 Å². The zero-order valence-electron chi connectivity index (χ0n) is 7.52. The first kappa shape index (κ1) is 10.1. The predicted octanol–water partition coefficient (Wildman–Crippen LogP) is 1.04. The van der Waals surface area contributed by atoms with Crippen LogP contribution in [0.25, 0.3) is 0 Å². The molecular formula is C8H11NO3S. The molecule has 1 aliphatic rings. The summed E-state index contributed by atoms with van der Waals surface area (Å²) >= 11 is 1.56. The van der Waals surface area contributed by atoms with E-state index in [1.165, 1.54) is 20.3 Å². The monoisotopic (exact) mass is 201 g/mol. The first-order valence-electron chi connectivity index (χ1n) is 3.76. The average molecular weight is 201 g/mol. The number of methoxy groups -OCH3 is 1. The van der Waals surface area contributed by atoms with Crippen molar-refractivity contribution in [1.82, 2.24) is 0 Å². The van der Waals surface area contributed by atoms with Crippen molar-refractivity contribution in [2.24, 2.45) is 11.1 Å². The number of rotatable bonds is 2. The third-order valence-electron chi connectivity index (χ3n) is 1.62. The summed E-state index contributed by atoms with van der Waals surface area (Å²) in [5.41, 5.74) is 0. The molecule has 1 unspecified atom stereocenters. The minimum Gasteiger partial charge on any atom is -0.481 e. The fourth-order valence-electron chi connectivity index (χ4n) is 0.991. The van der Waals surface area contributed by atoms with Crippen LogP contribution >= 0.6 is 11.8 Å². The topological polar surface area (TPSA) is 47.9 Å². The summed E-state index contributed by atoms with van der Waals surface area (Å²) in [4.78, 5) is 15.9. The van der Waals surface area contributed by atoms with E-state index in [4.69, 9.17) is 4.74 Å². The van der Waals surface area contributed by atoms with Crippen molar-refractivity contribution < 1.29 is 14.4 Å². The van der Waals surface area contributed by atoms with E-state index in [1.54, 1.807) is 17.2 Å². The Hall–Kier alpha value is -0.970. The molecule has 1 heterocycles. The number of ether oxygens (including phenoxy) is 1. The van der Waals surface area contributed by atoms with E-state index < -0.39 is 0 Å².